The summed E-state index contributed by atoms with van der Waals surface area (Å²) in [5.41, 5.74) is 4.99. The lowest BCUT2D eigenvalue weighted by Crippen LogP contribution is -2.37. The predicted octanol–water partition coefficient (Wildman–Crippen LogP) is 4.93. The number of anilines is 1. The molecule has 120 valence electrons. The molecule has 1 aliphatic heterocycles. The zero-order valence-corrected chi connectivity index (χ0v) is 16.1. The van der Waals surface area contributed by atoms with E-state index in [-0.39, 0.29) is 5.91 Å². The minimum absolute atomic E-state index is 0.0853. The summed E-state index contributed by atoms with van der Waals surface area (Å²) in [5.74, 6) is 0.0853. The van der Waals surface area contributed by atoms with Crippen LogP contribution in [0.5, 0.6) is 0 Å². The molecule has 0 radical (unpaired) electrons. The molecule has 3 heterocycles. The zero-order chi connectivity index (χ0) is 16.7. The lowest BCUT2D eigenvalue weighted by atomic mass is 9.98. The van der Waals surface area contributed by atoms with Gasteiger partial charge < -0.3 is 4.90 Å². The summed E-state index contributed by atoms with van der Waals surface area (Å²) in [6, 6.07) is 10.3. The van der Waals surface area contributed by atoms with Gasteiger partial charge in [0.15, 0.2) is 0 Å². The largest absolute Gasteiger partial charge is 0.306 e. The minimum Gasteiger partial charge on any atom is -0.306 e. The summed E-state index contributed by atoms with van der Waals surface area (Å²) in [6.45, 7) is 2.73. The topological polar surface area (TPSA) is 33.2 Å². The van der Waals surface area contributed by atoms with Gasteiger partial charge in [0.05, 0.1) is 17.4 Å². The Kier molecular flexibility index (Phi) is 4.14. The Hall–Kier alpha value is -1.73. The molecule has 5 heteroatoms. The van der Waals surface area contributed by atoms with Crippen LogP contribution in [0.2, 0.25) is 0 Å². The van der Waals surface area contributed by atoms with Crippen molar-refractivity contribution < 1.29 is 4.79 Å². The van der Waals surface area contributed by atoms with Crippen LogP contribution in [-0.4, -0.2) is 17.4 Å². The van der Waals surface area contributed by atoms with Crippen LogP contribution in [0, 0.1) is 10.5 Å². The Morgan fingerprint density at radius 1 is 1.21 bits per heavy atom. The van der Waals surface area contributed by atoms with Crippen molar-refractivity contribution in [2.45, 2.75) is 13.3 Å². The number of amides is 1. The maximum atomic E-state index is 13.2. The maximum absolute atomic E-state index is 13.2. The van der Waals surface area contributed by atoms with Crippen LogP contribution in [0.3, 0.4) is 0 Å². The first-order valence-corrected chi connectivity index (χ1v) is 9.70. The molecular formula is C19H15IN2OS. The highest BCUT2D eigenvalue weighted by molar-refractivity contribution is 14.1. The SMILES string of the molecule is Cc1ccncc1N1CCc2scc(-c3ccc(I)cc3)c2C1=O. The monoisotopic (exact) mass is 446 g/mol. The van der Waals surface area contributed by atoms with Crippen molar-refractivity contribution >= 4 is 45.5 Å². The van der Waals surface area contributed by atoms with Crippen molar-refractivity contribution in [3.8, 4) is 11.1 Å². The first-order chi connectivity index (χ1) is 11.6. The van der Waals surface area contributed by atoms with Crippen LogP contribution in [0.15, 0.2) is 48.1 Å². The molecule has 0 saturated carbocycles. The molecule has 0 unspecified atom stereocenters. The molecule has 0 spiro atoms. The van der Waals surface area contributed by atoms with Gasteiger partial charge in [0.1, 0.15) is 0 Å². The number of thiophene rings is 1. The van der Waals surface area contributed by atoms with Gasteiger partial charge in [0.2, 0.25) is 0 Å². The number of hydrogen-bond acceptors (Lipinski definition) is 3. The summed E-state index contributed by atoms with van der Waals surface area (Å²) >= 11 is 3.99. The Morgan fingerprint density at radius 3 is 2.75 bits per heavy atom. The summed E-state index contributed by atoms with van der Waals surface area (Å²) < 4.78 is 1.19. The Bertz CT molecular complexity index is 917. The molecule has 1 aromatic carbocycles. The van der Waals surface area contributed by atoms with Crippen LogP contribution in [0.1, 0.15) is 20.8 Å². The molecule has 2 aromatic heterocycles. The smallest absolute Gasteiger partial charge is 0.260 e. The van der Waals surface area contributed by atoms with E-state index in [4.69, 9.17) is 0 Å². The fourth-order valence-electron chi connectivity index (χ4n) is 3.08. The Morgan fingerprint density at radius 2 is 2.00 bits per heavy atom. The van der Waals surface area contributed by atoms with Gasteiger partial charge in [-0.15, -0.1) is 11.3 Å². The molecule has 1 aliphatic rings. The van der Waals surface area contributed by atoms with Crippen molar-refractivity contribution in [3.05, 3.63) is 67.7 Å². The van der Waals surface area contributed by atoms with Crippen LogP contribution in [0.4, 0.5) is 5.69 Å². The number of rotatable bonds is 2. The second-order valence-corrected chi connectivity index (χ2v) is 8.03. The zero-order valence-electron chi connectivity index (χ0n) is 13.1. The van der Waals surface area contributed by atoms with Crippen LogP contribution < -0.4 is 4.90 Å². The van der Waals surface area contributed by atoms with Crippen molar-refractivity contribution in [2.75, 3.05) is 11.4 Å². The molecular weight excluding hydrogens is 431 g/mol. The van der Waals surface area contributed by atoms with Gasteiger partial charge in [0, 0.05) is 33.2 Å². The van der Waals surface area contributed by atoms with Crippen molar-refractivity contribution in [2.24, 2.45) is 0 Å². The lowest BCUT2D eigenvalue weighted by Gasteiger charge is -2.28. The molecule has 3 nitrogen and oxygen atoms in total. The molecule has 0 bridgehead atoms. The second kappa shape index (κ2) is 6.29. The number of aromatic nitrogens is 1. The maximum Gasteiger partial charge on any atom is 0.260 e. The normalized spacial score (nSPS) is 13.9. The van der Waals surface area contributed by atoms with E-state index in [1.54, 1.807) is 23.7 Å². The molecule has 4 rings (SSSR count). The van der Waals surface area contributed by atoms with Gasteiger partial charge in [-0.25, -0.2) is 0 Å². The highest BCUT2D eigenvalue weighted by Crippen LogP contribution is 2.37. The molecule has 0 N–H and O–H groups in total. The van der Waals surface area contributed by atoms with Gasteiger partial charge in [0.25, 0.3) is 5.91 Å². The highest BCUT2D eigenvalue weighted by Gasteiger charge is 2.30. The molecule has 0 fully saturated rings. The molecule has 0 saturated heterocycles. The van der Waals surface area contributed by atoms with Gasteiger partial charge >= 0.3 is 0 Å². The van der Waals surface area contributed by atoms with E-state index in [2.05, 4.69) is 57.2 Å². The number of hydrogen-bond donors (Lipinski definition) is 0. The highest BCUT2D eigenvalue weighted by atomic mass is 127. The molecule has 0 atom stereocenters. The summed E-state index contributed by atoms with van der Waals surface area (Å²) in [5, 5.41) is 2.12. The van der Waals surface area contributed by atoms with E-state index < -0.39 is 0 Å². The first kappa shape index (κ1) is 15.8. The van der Waals surface area contributed by atoms with Crippen LogP contribution >= 0.6 is 33.9 Å². The molecule has 1 amide bonds. The van der Waals surface area contributed by atoms with Crippen LogP contribution in [-0.2, 0) is 6.42 Å². The van der Waals surface area contributed by atoms with Crippen molar-refractivity contribution in [1.29, 1.82) is 0 Å². The lowest BCUT2D eigenvalue weighted by molar-refractivity contribution is 0.0982. The third kappa shape index (κ3) is 2.65. The van der Waals surface area contributed by atoms with E-state index >= 15 is 0 Å². The second-order valence-electron chi connectivity index (χ2n) is 5.82. The summed E-state index contributed by atoms with van der Waals surface area (Å²) in [6.07, 6.45) is 4.44. The molecule has 0 aliphatic carbocycles. The number of carbonyl (C=O) groups excluding carboxylic acids is 1. The first-order valence-electron chi connectivity index (χ1n) is 7.74. The summed E-state index contributed by atoms with van der Waals surface area (Å²) in [7, 11) is 0. The quantitative estimate of drug-likeness (QED) is 0.524. The standard InChI is InChI=1S/C19H15IN2OS/c1-12-6-8-21-10-16(12)22-9-7-17-18(19(22)23)15(11-24-17)13-2-4-14(20)5-3-13/h2-6,8,10-11H,7,9H2,1H3. The summed E-state index contributed by atoms with van der Waals surface area (Å²) in [4.78, 5) is 20.4. The van der Waals surface area contributed by atoms with E-state index in [0.29, 0.717) is 6.54 Å². The van der Waals surface area contributed by atoms with E-state index in [1.807, 2.05) is 17.9 Å². The average molecular weight is 446 g/mol. The van der Waals surface area contributed by atoms with E-state index in [9.17, 15) is 4.79 Å². The number of carbonyl (C=O) groups is 1. The fourth-order valence-corrected chi connectivity index (χ4v) is 4.47. The van der Waals surface area contributed by atoms with Crippen molar-refractivity contribution in [1.82, 2.24) is 4.98 Å². The minimum atomic E-state index is 0.0853. The molecule has 24 heavy (non-hydrogen) atoms. The van der Waals surface area contributed by atoms with Crippen molar-refractivity contribution in [3.63, 3.8) is 0 Å². The predicted molar refractivity (Wildman–Crippen MR) is 107 cm³/mol. The Balaban J connectivity index is 1.78. The molecule has 3 aromatic rings. The van der Waals surface area contributed by atoms with Gasteiger partial charge in [-0.3, -0.25) is 9.78 Å². The van der Waals surface area contributed by atoms with E-state index in [0.717, 1.165) is 34.4 Å². The Labute approximate surface area is 158 Å². The third-order valence-electron chi connectivity index (χ3n) is 4.35. The number of nitrogens with zero attached hydrogens (tertiary/aromatic N) is 2. The third-order valence-corrected chi connectivity index (χ3v) is 6.11. The number of fused-ring (bicyclic) bond motifs is 1. The number of benzene rings is 1. The number of pyridine rings is 1. The van der Waals surface area contributed by atoms with Gasteiger partial charge in [-0.2, -0.15) is 0 Å². The number of aryl methyl sites for hydroxylation is 1. The number of halogens is 1. The fraction of sp³-hybridized carbons (Fsp3) is 0.158. The van der Waals surface area contributed by atoms with E-state index in [1.165, 1.54) is 8.45 Å². The van der Waals surface area contributed by atoms with Crippen LogP contribution in [0.25, 0.3) is 11.1 Å². The average Bonchev–Trinajstić information content (AvgIpc) is 3.02. The van der Waals surface area contributed by atoms with Gasteiger partial charge in [-0.1, -0.05) is 12.1 Å². The van der Waals surface area contributed by atoms with Gasteiger partial charge in [-0.05, 0) is 64.2 Å².